The minimum atomic E-state index is -0.766. The molecule has 0 saturated heterocycles. The Kier molecular flexibility index (Phi) is 4.83. The maximum Gasteiger partial charge on any atom is 0.338 e. The maximum absolute atomic E-state index is 13.0. The fourth-order valence-corrected chi connectivity index (χ4v) is 3.41. The van der Waals surface area contributed by atoms with Crippen molar-refractivity contribution in [3.8, 4) is 17.6 Å². The van der Waals surface area contributed by atoms with Crippen molar-refractivity contribution in [2.75, 3.05) is 13.4 Å². The Bertz CT molecular complexity index is 1070. The minimum Gasteiger partial charge on any atom is -0.463 e. The Labute approximate surface area is 167 Å². The number of allylic oxidation sites excluding steroid dienone is 1. The van der Waals surface area contributed by atoms with E-state index in [-0.39, 0.29) is 36.2 Å². The Balaban J connectivity index is 1.94. The molecule has 1 unspecified atom stereocenters. The molecule has 2 aromatic carbocycles. The van der Waals surface area contributed by atoms with E-state index in [0.29, 0.717) is 22.6 Å². The van der Waals surface area contributed by atoms with Crippen LogP contribution in [-0.4, -0.2) is 19.4 Å². The highest BCUT2D eigenvalue weighted by Crippen LogP contribution is 2.45. The van der Waals surface area contributed by atoms with Crippen LogP contribution < -0.4 is 15.2 Å². The number of nitriles is 1. The highest BCUT2D eigenvalue weighted by molar-refractivity contribution is 6.00. The molecule has 0 radical (unpaired) electrons. The topological polar surface area (TPSA) is 104 Å². The molecule has 0 amide bonds. The maximum atomic E-state index is 13.0. The molecule has 2 aliphatic rings. The number of hydrogen-bond acceptors (Lipinski definition) is 7. The molecule has 7 nitrogen and oxygen atoms in total. The normalized spacial score (nSPS) is 17.6. The molecule has 0 bridgehead atoms. The molecule has 2 aliphatic heterocycles. The summed E-state index contributed by atoms with van der Waals surface area (Å²) in [4.78, 5) is 13.0. The molecule has 0 fully saturated rings. The number of esters is 1. The van der Waals surface area contributed by atoms with Crippen molar-refractivity contribution in [2.45, 2.75) is 12.8 Å². The van der Waals surface area contributed by atoms with E-state index >= 15 is 0 Å². The van der Waals surface area contributed by atoms with Gasteiger partial charge in [-0.2, -0.15) is 5.26 Å². The Morgan fingerprint density at radius 1 is 1.21 bits per heavy atom. The predicted octanol–water partition coefficient (Wildman–Crippen LogP) is 3.20. The van der Waals surface area contributed by atoms with Crippen molar-refractivity contribution in [2.24, 2.45) is 5.73 Å². The van der Waals surface area contributed by atoms with Gasteiger partial charge in [-0.05, 0) is 24.6 Å². The van der Waals surface area contributed by atoms with Crippen molar-refractivity contribution < 1.29 is 23.7 Å². The number of benzene rings is 2. The third kappa shape index (κ3) is 3.25. The van der Waals surface area contributed by atoms with Gasteiger partial charge >= 0.3 is 5.97 Å². The van der Waals surface area contributed by atoms with Crippen LogP contribution in [0.25, 0.3) is 5.76 Å². The Morgan fingerprint density at radius 2 is 1.97 bits per heavy atom. The predicted molar refractivity (Wildman–Crippen MR) is 103 cm³/mol. The largest absolute Gasteiger partial charge is 0.463 e. The van der Waals surface area contributed by atoms with Gasteiger partial charge in [0.25, 0.3) is 0 Å². The number of carbonyl (C=O) groups excluding carboxylic acids is 1. The quantitative estimate of drug-likeness (QED) is 0.800. The summed E-state index contributed by atoms with van der Waals surface area (Å²) in [7, 11) is 0. The van der Waals surface area contributed by atoms with Crippen LogP contribution in [0.1, 0.15) is 24.0 Å². The fraction of sp³-hybridized carbons (Fsp3) is 0.182. The number of rotatable bonds is 4. The van der Waals surface area contributed by atoms with Gasteiger partial charge in [-0.25, -0.2) is 4.79 Å². The number of ether oxygens (including phenoxy) is 4. The lowest BCUT2D eigenvalue weighted by Gasteiger charge is -2.28. The highest BCUT2D eigenvalue weighted by atomic mass is 16.7. The molecule has 0 saturated carbocycles. The summed E-state index contributed by atoms with van der Waals surface area (Å²) in [5.41, 5.74) is 7.73. The molecular formula is C22H18N2O5. The monoisotopic (exact) mass is 390 g/mol. The molecule has 0 spiro atoms. The van der Waals surface area contributed by atoms with Gasteiger partial charge < -0.3 is 24.7 Å². The van der Waals surface area contributed by atoms with Crippen molar-refractivity contribution >= 4 is 11.7 Å². The van der Waals surface area contributed by atoms with E-state index in [4.69, 9.17) is 24.7 Å². The lowest BCUT2D eigenvalue weighted by molar-refractivity contribution is -0.138. The van der Waals surface area contributed by atoms with Crippen LogP contribution >= 0.6 is 0 Å². The Hall–Kier alpha value is -3.92. The van der Waals surface area contributed by atoms with Crippen LogP contribution in [-0.2, 0) is 14.3 Å². The molecule has 29 heavy (non-hydrogen) atoms. The number of hydrogen-bond donors (Lipinski definition) is 1. The van der Waals surface area contributed by atoms with Crippen LogP contribution in [0.15, 0.2) is 65.6 Å². The van der Waals surface area contributed by atoms with Gasteiger partial charge in [0.1, 0.15) is 17.4 Å². The molecular weight excluding hydrogens is 372 g/mol. The van der Waals surface area contributed by atoms with Gasteiger partial charge in [0.2, 0.25) is 12.7 Å². The zero-order chi connectivity index (χ0) is 20.4. The zero-order valence-corrected chi connectivity index (χ0v) is 15.7. The van der Waals surface area contributed by atoms with Gasteiger partial charge in [0.15, 0.2) is 11.5 Å². The first-order valence-corrected chi connectivity index (χ1v) is 9.07. The number of carbonyl (C=O) groups is 1. The summed E-state index contributed by atoms with van der Waals surface area (Å²) in [5, 5.41) is 9.77. The number of nitrogens with two attached hydrogens (primary N) is 1. The second-order valence-corrected chi connectivity index (χ2v) is 6.37. The second-order valence-electron chi connectivity index (χ2n) is 6.37. The zero-order valence-electron chi connectivity index (χ0n) is 15.7. The molecule has 2 aromatic rings. The minimum absolute atomic E-state index is 0.0536. The standard InChI is InChI=1S/C22H18N2O5/c1-2-26-22(25)19-18(14-8-9-16-17(10-14)28-12-27-16)15(11-23)21(24)29-20(19)13-6-4-3-5-7-13/h3-10,18H,2,12,24H2,1H3. The van der Waals surface area contributed by atoms with E-state index in [2.05, 4.69) is 6.07 Å². The summed E-state index contributed by atoms with van der Waals surface area (Å²) < 4.78 is 21.9. The van der Waals surface area contributed by atoms with E-state index < -0.39 is 11.9 Å². The smallest absolute Gasteiger partial charge is 0.338 e. The highest BCUT2D eigenvalue weighted by Gasteiger charge is 2.38. The van der Waals surface area contributed by atoms with Crippen LogP contribution in [0.2, 0.25) is 0 Å². The average Bonchev–Trinajstić information content (AvgIpc) is 3.21. The Morgan fingerprint density at radius 3 is 2.69 bits per heavy atom. The van der Waals surface area contributed by atoms with Gasteiger partial charge in [-0.3, -0.25) is 0 Å². The third-order valence-electron chi connectivity index (χ3n) is 4.68. The molecule has 0 aliphatic carbocycles. The van der Waals surface area contributed by atoms with E-state index in [9.17, 15) is 10.1 Å². The lowest BCUT2D eigenvalue weighted by atomic mass is 9.82. The van der Waals surface area contributed by atoms with Crippen LogP contribution in [0, 0.1) is 11.3 Å². The number of fused-ring (bicyclic) bond motifs is 1. The summed E-state index contributed by atoms with van der Waals surface area (Å²) in [5.74, 6) is 0.00704. The molecule has 2 N–H and O–H groups in total. The van der Waals surface area contributed by atoms with Crippen molar-refractivity contribution in [3.63, 3.8) is 0 Å². The van der Waals surface area contributed by atoms with Gasteiger partial charge in [0.05, 0.1) is 18.1 Å². The summed E-state index contributed by atoms with van der Waals surface area (Å²) in [6.07, 6.45) is 0. The van der Waals surface area contributed by atoms with E-state index in [1.54, 1.807) is 37.3 Å². The van der Waals surface area contributed by atoms with Crippen LogP contribution in [0.3, 0.4) is 0 Å². The van der Waals surface area contributed by atoms with Gasteiger partial charge in [0, 0.05) is 5.56 Å². The molecule has 1 atom stereocenters. The van der Waals surface area contributed by atoms with E-state index in [0.717, 1.165) is 0 Å². The summed E-state index contributed by atoms with van der Waals surface area (Å²) >= 11 is 0. The lowest BCUT2D eigenvalue weighted by Crippen LogP contribution is -2.25. The molecule has 0 aromatic heterocycles. The first-order valence-electron chi connectivity index (χ1n) is 9.07. The fourth-order valence-electron chi connectivity index (χ4n) is 3.41. The third-order valence-corrected chi connectivity index (χ3v) is 4.68. The first kappa shape index (κ1) is 18.4. The number of nitrogens with zero attached hydrogens (tertiary/aromatic N) is 1. The summed E-state index contributed by atoms with van der Waals surface area (Å²) in [6.45, 7) is 2.01. The van der Waals surface area contributed by atoms with Gasteiger partial charge in [-0.15, -0.1) is 0 Å². The molecule has 4 rings (SSSR count). The first-order chi connectivity index (χ1) is 14.1. The van der Waals surface area contributed by atoms with Crippen molar-refractivity contribution in [1.29, 1.82) is 5.26 Å². The summed E-state index contributed by atoms with van der Waals surface area (Å²) in [6, 6.07) is 16.4. The van der Waals surface area contributed by atoms with Crippen molar-refractivity contribution in [1.82, 2.24) is 0 Å². The molecule has 7 heteroatoms. The van der Waals surface area contributed by atoms with Crippen molar-refractivity contribution in [3.05, 3.63) is 76.7 Å². The van der Waals surface area contributed by atoms with E-state index in [1.165, 1.54) is 0 Å². The van der Waals surface area contributed by atoms with Gasteiger partial charge in [-0.1, -0.05) is 36.4 Å². The SMILES string of the molecule is CCOC(=O)C1=C(c2ccccc2)OC(N)=C(C#N)C1c1ccc2c(c1)OCO2. The second kappa shape index (κ2) is 7.60. The average molecular weight is 390 g/mol. The van der Waals surface area contributed by atoms with Crippen LogP contribution in [0.4, 0.5) is 0 Å². The van der Waals surface area contributed by atoms with E-state index in [1.807, 2.05) is 18.2 Å². The molecule has 2 heterocycles. The van der Waals surface area contributed by atoms with Crippen LogP contribution in [0.5, 0.6) is 11.5 Å². The molecule has 146 valence electrons.